The third kappa shape index (κ3) is 4.20. The average molecular weight is 408 g/mol. The van der Waals surface area contributed by atoms with E-state index in [-0.39, 0.29) is 17.1 Å². The van der Waals surface area contributed by atoms with E-state index in [9.17, 15) is 19.5 Å². The van der Waals surface area contributed by atoms with E-state index in [1.165, 1.54) is 18.2 Å². The lowest BCUT2D eigenvalue weighted by molar-refractivity contribution is -0.122. The van der Waals surface area contributed by atoms with Crippen LogP contribution in [0, 0.1) is 0 Å². The number of ether oxygens (including phenoxy) is 1. The minimum absolute atomic E-state index is 0.0448. The van der Waals surface area contributed by atoms with Gasteiger partial charge in [-0.1, -0.05) is 32.0 Å². The van der Waals surface area contributed by atoms with Gasteiger partial charge in [-0.25, -0.2) is 9.69 Å². The van der Waals surface area contributed by atoms with E-state index in [0.717, 1.165) is 16.9 Å². The highest BCUT2D eigenvalue weighted by Gasteiger charge is 2.36. The van der Waals surface area contributed by atoms with Crippen molar-refractivity contribution < 1.29 is 24.2 Å². The Morgan fingerprint density at radius 2 is 1.80 bits per heavy atom. The first-order valence-corrected chi connectivity index (χ1v) is 9.82. The number of urea groups is 1. The maximum Gasteiger partial charge on any atom is 0.335 e. The lowest BCUT2D eigenvalue weighted by atomic mass is 9.98. The van der Waals surface area contributed by atoms with Crippen molar-refractivity contribution >= 4 is 29.6 Å². The van der Waals surface area contributed by atoms with Gasteiger partial charge >= 0.3 is 6.03 Å². The quantitative estimate of drug-likeness (QED) is 0.557. The molecule has 1 aliphatic rings. The van der Waals surface area contributed by atoms with Crippen LogP contribution >= 0.6 is 0 Å². The van der Waals surface area contributed by atoms with Crippen molar-refractivity contribution in [2.45, 2.75) is 33.1 Å². The molecular weight excluding hydrogens is 384 g/mol. The van der Waals surface area contributed by atoms with Crippen molar-refractivity contribution in [1.82, 2.24) is 5.32 Å². The van der Waals surface area contributed by atoms with Crippen LogP contribution in [0.15, 0.2) is 48.0 Å². The molecule has 30 heavy (non-hydrogen) atoms. The van der Waals surface area contributed by atoms with Gasteiger partial charge in [0.25, 0.3) is 11.8 Å². The molecule has 2 aromatic carbocycles. The zero-order chi connectivity index (χ0) is 21.8. The molecular formula is C23H24N2O5. The fraction of sp³-hybridized carbons (Fsp3) is 0.261. The van der Waals surface area contributed by atoms with E-state index in [2.05, 4.69) is 19.2 Å². The molecule has 7 heteroatoms. The SMILES string of the molecule is CCOc1cc(/C=C2/C(=O)NC(=O)N(c3ccc([C@H](C)CC)cc3)C2=O)ccc1O. The van der Waals surface area contributed by atoms with Crippen molar-refractivity contribution in [2.75, 3.05) is 11.5 Å². The minimum Gasteiger partial charge on any atom is -0.504 e. The van der Waals surface area contributed by atoms with Crippen molar-refractivity contribution in [2.24, 2.45) is 0 Å². The Labute approximate surface area is 175 Å². The van der Waals surface area contributed by atoms with E-state index >= 15 is 0 Å². The molecule has 2 aromatic rings. The van der Waals surface area contributed by atoms with E-state index in [4.69, 9.17) is 4.74 Å². The van der Waals surface area contributed by atoms with Crippen LogP contribution in [0.4, 0.5) is 10.5 Å². The molecule has 0 spiro atoms. The standard InChI is InChI=1S/C23H24N2O5/c1-4-14(3)16-7-9-17(10-8-16)25-22(28)18(21(27)24-23(25)29)12-15-6-11-19(26)20(13-15)30-5-2/h6-14,26H,4-5H2,1-3H3,(H,24,27,29)/b18-12-/t14-/m1/s1. The van der Waals surface area contributed by atoms with E-state index < -0.39 is 17.8 Å². The smallest absolute Gasteiger partial charge is 0.335 e. The summed E-state index contributed by atoms with van der Waals surface area (Å²) in [6.07, 6.45) is 2.34. The maximum absolute atomic E-state index is 13.0. The first kappa shape index (κ1) is 21.1. The molecule has 1 heterocycles. The van der Waals surface area contributed by atoms with Gasteiger partial charge in [0.2, 0.25) is 0 Å². The Morgan fingerprint density at radius 3 is 2.43 bits per heavy atom. The molecule has 0 radical (unpaired) electrons. The molecule has 1 aliphatic heterocycles. The summed E-state index contributed by atoms with van der Waals surface area (Å²) in [6.45, 7) is 6.31. The van der Waals surface area contributed by atoms with Gasteiger partial charge in [0.15, 0.2) is 11.5 Å². The molecule has 156 valence electrons. The highest BCUT2D eigenvalue weighted by Crippen LogP contribution is 2.29. The maximum atomic E-state index is 13.0. The topological polar surface area (TPSA) is 95.9 Å². The van der Waals surface area contributed by atoms with Gasteiger partial charge < -0.3 is 9.84 Å². The normalized spacial score (nSPS) is 16.6. The molecule has 0 unspecified atom stereocenters. The van der Waals surface area contributed by atoms with E-state index in [0.29, 0.717) is 23.8 Å². The van der Waals surface area contributed by atoms with Gasteiger partial charge in [-0.05, 0) is 60.7 Å². The second-order valence-electron chi connectivity index (χ2n) is 7.02. The Bertz CT molecular complexity index is 1010. The molecule has 7 nitrogen and oxygen atoms in total. The minimum atomic E-state index is -0.792. The lowest BCUT2D eigenvalue weighted by Gasteiger charge is -2.26. The first-order chi connectivity index (χ1) is 14.3. The van der Waals surface area contributed by atoms with Gasteiger partial charge in [0.1, 0.15) is 5.57 Å². The number of barbiturate groups is 1. The predicted octanol–water partition coefficient (Wildman–Crippen LogP) is 3.97. The van der Waals surface area contributed by atoms with Gasteiger partial charge in [-0.3, -0.25) is 14.9 Å². The van der Waals surface area contributed by atoms with Crippen LogP contribution in [-0.2, 0) is 9.59 Å². The number of amides is 4. The molecule has 0 aliphatic carbocycles. The van der Waals surface area contributed by atoms with Crippen LogP contribution in [0.1, 0.15) is 44.2 Å². The third-order valence-electron chi connectivity index (χ3n) is 5.03. The second kappa shape index (κ2) is 8.82. The zero-order valence-corrected chi connectivity index (χ0v) is 17.1. The average Bonchev–Trinajstić information content (AvgIpc) is 2.73. The van der Waals surface area contributed by atoms with Crippen LogP contribution in [0.25, 0.3) is 6.08 Å². The summed E-state index contributed by atoms with van der Waals surface area (Å²) in [5, 5.41) is 12.0. The highest BCUT2D eigenvalue weighted by atomic mass is 16.5. The van der Waals surface area contributed by atoms with Gasteiger partial charge in [0, 0.05) is 0 Å². The molecule has 1 fully saturated rings. The first-order valence-electron chi connectivity index (χ1n) is 9.82. The number of hydrogen-bond donors (Lipinski definition) is 2. The van der Waals surface area contributed by atoms with Gasteiger partial charge in [-0.2, -0.15) is 0 Å². The third-order valence-corrected chi connectivity index (χ3v) is 5.03. The number of anilines is 1. The molecule has 2 N–H and O–H groups in total. The van der Waals surface area contributed by atoms with Crippen molar-refractivity contribution in [3.8, 4) is 11.5 Å². The number of rotatable bonds is 6. The molecule has 0 aromatic heterocycles. The molecule has 3 rings (SSSR count). The summed E-state index contributed by atoms with van der Waals surface area (Å²) in [6, 6.07) is 10.8. The fourth-order valence-electron chi connectivity index (χ4n) is 3.14. The van der Waals surface area contributed by atoms with Crippen molar-refractivity contribution in [1.29, 1.82) is 0 Å². The number of carbonyl (C=O) groups excluding carboxylic acids is 3. The number of imide groups is 2. The largest absolute Gasteiger partial charge is 0.504 e. The van der Waals surface area contributed by atoms with Crippen molar-refractivity contribution in [3.63, 3.8) is 0 Å². The monoisotopic (exact) mass is 408 g/mol. The Morgan fingerprint density at radius 1 is 1.10 bits per heavy atom. The molecule has 1 saturated heterocycles. The van der Waals surface area contributed by atoms with Crippen molar-refractivity contribution in [3.05, 3.63) is 59.2 Å². The molecule has 0 bridgehead atoms. The fourth-order valence-corrected chi connectivity index (χ4v) is 3.14. The molecule has 1 atom stereocenters. The summed E-state index contributed by atoms with van der Waals surface area (Å²) in [5.74, 6) is -0.939. The number of phenolic OH excluding ortho intramolecular Hbond substituents is 1. The van der Waals surface area contributed by atoms with Gasteiger partial charge in [0.05, 0.1) is 12.3 Å². The van der Waals surface area contributed by atoms with E-state index in [1.54, 1.807) is 25.1 Å². The Kier molecular flexibility index (Phi) is 6.20. The predicted molar refractivity (Wildman–Crippen MR) is 113 cm³/mol. The van der Waals surface area contributed by atoms with Crippen LogP contribution in [0.5, 0.6) is 11.5 Å². The Balaban J connectivity index is 1.94. The van der Waals surface area contributed by atoms with Crippen LogP contribution < -0.4 is 15.0 Å². The number of nitrogens with one attached hydrogen (secondary N) is 1. The number of benzene rings is 2. The number of phenols is 1. The molecule has 0 saturated carbocycles. The number of nitrogens with zero attached hydrogens (tertiary/aromatic N) is 1. The van der Waals surface area contributed by atoms with Crippen LogP contribution in [-0.4, -0.2) is 29.6 Å². The molecule has 4 amide bonds. The number of carbonyl (C=O) groups is 3. The van der Waals surface area contributed by atoms with Crippen LogP contribution in [0.2, 0.25) is 0 Å². The number of aromatic hydroxyl groups is 1. The second-order valence-corrected chi connectivity index (χ2v) is 7.02. The highest BCUT2D eigenvalue weighted by molar-refractivity contribution is 6.39. The van der Waals surface area contributed by atoms with Crippen LogP contribution in [0.3, 0.4) is 0 Å². The summed E-state index contributed by atoms with van der Waals surface area (Å²) in [4.78, 5) is 38.6. The van der Waals surface area contributed by atoms with Gasteiger partial charge in [-0.15, -0.1) is 0 Å². The lowest BCUT2D eigenvalue weighted by Crippen LogP contribution is -2.54. The summed E-state index contributed by atoms with van der Waals surface area (Å²) < 4.78 is 5.34. The summed E-state index contributed by atoms with van der Waals surface area (Å²) >= 11 is 0. The zero-order valence-electron chi connectivity index (χ0n) is 17.1. The van der Waals surface area contributed by atoms with E-state index in [1.807, 2.05) is 12.1 Å². The number of hydrogen-bond acceptors (Lipinski definition) is 5. The Hall–Kier alpha value is -3.61. The summed E-state index contributed by atoms with van der Waals surface area (Å²) in [7, 11) is 0. The summed E-state index contributed by atoms with van der Waals surface area (Å²) in [5.41, 5.74) is 1.78.